The molecule has 1 heterocycles. The van der Waals surface area contributed by atoms with Gasteiger partial charge in [0, 0.05) is 32.4 Å². The lowest BCUT2D eigenvalue weighted by molar-refractivity contribution is 0.203. The number of nitrogens with zero attached hydrogens (tertiary/aromatic N) is 2. The van der Waals surface area contributed by atoms with Crippen molar-refractivity contribution in [2.24, 2.45) is 5.73 Å². The Morgan fingerprint density at radius 3 is 2.88 bits per heavy atom. The van der Waals surface area contributed by atoms with Crippen molar-refractivity contribution in [2.45, 2.75) is 32.9 Å². The van der Waals surface area contributed by atoms with Crippen LogP contribution >= 0.6 is 0 Å². The Bertz CT molecular complexity index is 330. The molecule has 1 unspecified atom stereocenters. The Labute approximate surface area is 104 Å². The molecule has 1 atom stereocenters. The molecule has 96 valence electrons. The zero-order chi connectivity index (χ0) is 12.7. The van der Waals surface area contributed by atoms with Crippen molar-refractivity contribution in [2.75, 3.05) is 25.2 Å². The van der Waals surface area contributed by atoms with Gasteiger partial charge in [-0.05, 0) is 25.0 Å². The number of ether oxygens (including phenoxy) is 1. The van der Waals surface area contributed by atoms with Crippen LogP contribution in [0.3, 0.4) is 0 Å². The highest BCUT2D eigenvalue weighted by Crippen LogP contribution is 2.21. The largest absolute Gasteiger partial charge is 0.383 e. The van der Waals surface area contributed by atoms with Crippen LogP contribution in [0.5, 0.6) is 0 Å². The number of hydrogen-bond donors (Lipinski definition) is 1. The van der Waals surface area contributed by atoms with Crippen LogP contribution in [0.4, 0.5) is 5.69 Å². The van der Waals surface area contributed by atoms with Crippen molar-refractivity contribution in [1.29, 1.82) is 0 Å². The SMILES string of the molecule is CCC(C)N(CCOC)c1cnccc1CN. The minimum atomic E-state index is 0.458. The van der Waals surface area contributed by atoms with Gasteiger partial charge in [-0.2, -0.15) is 0 Å². The van der Waals surface area contributed by atoms with Crippen LogP contribution in [-0.2, 0) is 11.3 Å². The molecule has 0 fully saturated rings. The normalized spacial score (nSPS) is 12.5. The van der Waals surface area contributed by atoms with Gasteiger partial charge in [0.15, 0.2) is 0 Å². The first-order chi connectivity index (χ1) is 8.24. The van der Waals surface area contributed by atoms with Crippen molar-refractivity contribution in [3.63, 3.8) is 0 Å². The number of pyridine rings is 1. The number of anilines is 1. The molecule has 1 rings (SSSR count). The van der Waals surface area contributed by atoms with E-state index in [2.05, 4.69) is 23.7 Å². The molecule has 0 saturated carbocycles. The molecule has 0 saturated heterocycles. The van der Waals surface area contributed by atoms with Gasteiger partial charge in [0.05, 0.1) is 18.5 Å². The first kappa shape index (κ1) is 13.9. The highest BCUT2D eigenvalue weighted by molar-refractivity contribution is 5.52. The maximum Gasteiger partial charge on any atom is 0.0637 e. The predicted molar refractivity (Wildman–Crippen MR) is 71.1 cm³/mol. The molecule has 1 aromatic heterocycles. The summed E-state index contributed by atoms with van der Waals surface area (Å²) in [5, 5.41) is 0. The van der Waals surface area contributed by atoms with E-state index < -0.39 is 0 Å². The van der Waals surface area contributed by atoms with Crippen LogP contribution in [0, 0.1) is 0 Å². The Morgan fingerprint density at radius 2 is 2.29 bits per heavy atom. The summed E-state index contributed by atoms with van der Waals surface area (Å²) in [6, 6.07) is 2.44. The van der Waals surface area contributed by atoms with Gasteiger partial charge in [-0.1, -0.05) is 6.92 Å². The molecule has 0 aliphatic heterocycles. The van der Waals surface area contributed by atoms with Crippen LogP contribution in [-0.4, -0.2) is 31.3 Å². The van der Waals surface area contributed by atoms with E-state index >= 15 is 0 Å². The number of rotatable bonds is 7. The summed E-state index contributed by atoms with van der Waals surface area (Å²) in [5.41, 5.74) is 8.03. The second kappa shape index (κ2) is 7.25. The standard InChI is InChI=1S/C13H23N3O/c1-4-11(2)16(7-8-17-3)13-10-15-6-5-12(13)9-14/h5-6,10-11H,4,7-9,14H2,1-3H3. The Balaban J connectivity index is 2.94. The maximum absolute atomic E-state index is 5.77. The summed E-state index contributed by atoms with van der Waals surface area (Å²) in [4.78, 5) is 6.52. The zero-order valence-electron chi connectivity index (χ0n) is 11.0. The van der Waals surface area contributed by atoms with Crippen LogP contribution in [0.15, 0.2) is 18.5 Å². The third-order valence-electron chi connectivity index (χ3n) is 3.08. The van der Waals surface area contributed by atoms with E-state index in [1.807, 2.05) is 12.3 Å². The summed E-state index contributed by atoms with van der Waals surface area (Å²) >= 11 is 0. The van der Waals surface area contributed by atoms with E-state index in [0.29, 0.717) is 19.2 Å². The van der Waals surface area contributed by atoms with Gasteiger partial charge in [0.1, 0.15) is 0 Å². The van der Waals surface area contributed by atoms with Gasteiger partial charge in [0.25, 0.3) is 0 Å². The number of methoxy groups -OCH3 is 1. The Kier molecular flexibility index (Phi) is 5.94. The molecule has 2 N–H and O–H groups in total. The summed E-state index contributed by atoms with van der Waals surface area (Å²) in [7, 11) is 1.72. The summed E-state index contributed by atoms with van der Waals surface area (Å²) in [6.07, 6.45) is 4.77. The highest BCUT2D eigenvalue weighted by atomic mass is 16.5. The van der Waals surface area contributed by atoms with E-state index in [1.165, 1.54) is 0 Å². The molecule has 0 aliphatic rings. The topological polar surface area (TPSA) is 51.4 Å². The highest BCUT2D eigenvalue weighted by Gasteiger charge is 2.15. The molecule has 0 bridgehead atoms. The van der Waals surface area contributed by atoms with E-state index in [1.54, 1.807) is 13.3 Å². The Morgan fingerprint density at radius 1 is 1.53 bits per heavy atom. The average molecular weight is 237 g/mol. The molecular weight excluding hydrogens is 214 g/mol. The third-order valence-corrected chi connectivity index (χ3v) is 3.08. The van der Waals surface area contributed by atoms with Gasteiger partial charge < -0.3 is 15.4 Å². The molecule has 17 heavy (non-hydrogen) atoms. The molecular formula is C13H23N3O. The Hall–Kier alpha value is -1.13. The van der Waals surface area contributed by atoms with E-state index in [-0.39, 0.29) is 0 Å². The molecule has 0 aromatic carbocycles. The molecule has 0 amide bonds. The molecule has 0 radical (unpaired) electrons. The van der Waals surface area contributed by atoms with Crippen molar-refractivity contribution in [3.8, 4) is 0 Å². The first-order valence-corrected chi connectivity index (χ1v) is 6.13. The van der Waals surface area contributed by atoms with Crippen LogP contribution in [0.25, 0.3) is 0 Å². The third kappa shape index (κ3) is 3.68. The molecule has 4 nitrogen and oxygen atoms in total. The van der Waals surface area contributed by atoms with Crippen molar-refractivity contribution in [3.05, 3.63) is 24.0 Å². The number of hydrogen-bond acceptors (Lipinski definition) is 4. The second-order valence-corrected chi connectivity index (χ2v) is 4.15. The predicted octanol–water partition coefficient (Wildman–Crippen LogP) is 1.79. The fraction of sp³-hybridized carbons (Fsp3) is 0.615. The van der Waals surface area contributed by atoms with Gasteiger partial charge in [-0.3, -0.25) is 4.98 Å². The van der Waals surface area contributed by atoms with Gasteiger partial charge >= 0.3 is 0 Å². The fourth-order valence-electron chi connectivity index (χ4n) is 1.83. The summed E-state index contributed by atoms with van der Waals surface area (Å²) in [5.74, 6) is 0. The van der Waals surface area contributed by atoms with Crippen molar-refractivity contribution >= 4 is 5.69 Å². The van der Waals surface area contributed by atoms with Gasteiger partial charge in [-0.15, -0.1) is 0 Å². The molecule has 4 heteroatoms. The molecule has 1 aromatic rings. The fourth-order valence-corrected chi connectivity index (χ4v) is 1.83. The lowest BCUT2D eigenvalue weighted by atomic mass is 10.1. The summed E-state index contributed by atoms with van der Waals surface area (Å²) < 4.78 is 5.17. The zero-order valence-corrected chi connectivity index (χ0v) is 11.0. The van der Waals surface area contributed by atoms with Gasteiger partial charge in [0.2, 0.25) is 0 Å². The first-order valence-electron chi connectivity index (χ1n) is 6.13. The summed E-state index contributed by atoms with van der Waals surface area (Å²) in [6.45, 7) is 6.51. The van der Waals surface area contributed by atoms with E-state index in [9.17, 15) is 0 Å². The van der Waals surface area contributed by atoms with Crippen molar-refractivity contribution in [1.82, 2.24) is 4.98 Å². The van der Waals surface area contributed by atoms with Crippen LogP contribution in [0.1, 0.15) is 25.8 Å². The van der Waals surface area contributed by atoms with Crippen molar-refractivity contribution < 1.29 is 4.74 Å². The van der Waals surface area contributed by atoms with Crippen LogP contribution in [0.2, 0.25) is 0 Å². The smallest absolute Gasteiger partial charge is 0.0637 e. The van der Waals surface area contributed by atoms with E-state index in [4.69, 9.17) is 10.5 Å². The average Bonchev–Trinajstić information content (AvgIpc) is 2.39. The molecule has 0 aliphatic carbocycles. The number of nitrogens with two attached hydrogens (primary N) is 1. The lowest BCUT2D eigenvalue weighted by Gasteiger charge is -2.31. The quantitative estimate of drug-likeness (QED) is 0.785. The second-order valence-electron chi connectivity index (χ2n) is 4.15. The van der Waals surface area contributed by atoms with Crippen LogP contribution < -0.4 is 10.6 Å². The monoisotopic (exact) mass is 237 g/mol. The molecule has 0 spiro atoms. The minimum Gasteiger partial charge on any atom is -0.383 e. The lowest BCUT2D eigenvalue weighted by Crippen LogP contribution is -2.36. The van der Waals surface area contributed by atoms with Gasteiger partial charge in [-0.25, -0.2) is 0 Å². The minimum absolute atomic E-state index is 0.458. The van der Waals surface area contributed by atoms with E-state index in [0.717, 1.165) is 24.2 Å². The maximum atomic E-state index is 5.77. The number of aromatic nitrogens is 1.